The van der Waals surface area contributed by atoms with Crippen LogP contribution in [0.4, 0.5) is 10.5 Å². The number of anilines is 1. The van der Waals surface area contributed by atoms with E-state index >= 15 is 0 Å². The Morgan fingerprint density at radius 3 is 2.52 bits per heavy atom. The first-order valence-corrected chi connectivity index (χ1v) is 7.49. The second-order valence-corrected chi connectivity index (χ2v) is 5.03. The van der Waals surface area contributed by atoms with Crippen molar-refractivity contribution in [3.8, 4) is 0 Å². The van der Waals surface area contributed by atoms with Crippen LogP contribution >= 0.6 is 0 Å². The van der Waals surface area contributed by atoms with Gasteiger partial charge in [0.15, 0.2) is 0 Å². The van der Waals surface area contributed by atoms with E-state index in [1.54, 1.807) is 31.2 Å². The minimum Gasteiger partial charge on any atom is -0.462 e. The quantitative estimate of drug-likeness (QED) is 0.826. The van der Waals surface area contributed by atoms with Gasteiger partial charge in [-0.1, -0.05) is 36.4 Å². The summed E-state index contributed by atoms with van der Waals surface area (Å²) >= 11 is 0. The molecule has 0 aromatic heterocycles. The summed E-state index contributed by atoms with van der Waals surface area (Å²) in [7, 11) is 0. The van der Waals surface area contributed by atoms with Crippen LogP contribution < -0.4 is 10.6 Å². The Morgan fingerprint density at radius 2 is 1.83 bits per heavy atom. The van der Waals surface area contributed by atoms with E-state index in [0.29, 0.717) is 17.9 Å². The molecule has 2 amide bonds. The highest BCUT2D eigenvalue weighted by atomic mass is 16.5. The Labute approximate surface area is 135 Å². The zero-order valence-corrected chi connectivity index (χ0v) is 13.2. The van der Waals surface area contributed by atoms with Crippen molar-refractivity contribution in [3.63, 3.8) is 0 Å². The molecule has 0 radical (unpaired) electrons. The first-order chi connectivity index (χ1) is 11.1. The summed E-state index contributed by atoms with van der Waals surface area (Å²) in [5.41, 5.74) is 1.96. The van der Waals surface area contributed by atoms with Gasteiger partial charge in [0.2, 0.25) is 0 Å². The number of hydrogen-bond donors (Lipinski definition) is 2. The maximum Gasteiger partial charge on any atom is 0.338 e. The molecule has 0 saturated heterocycles. The number of amides is 2. The summed E-state index contributed by atoms with van der Waals surface area (Å²) in [4.78, 5) is 23.8. The molecule has 2 aromatic carbocycles. The third-order valence-electron chi connectivity index (χ3n) is 3.28. The first kappa shape index (κ1) is 16.5. The summed E-state index contributed by atoms with van der Waals surface area (Å²) in [6.07, 6.45) is 0. The molecule has 2 aromatic rings. The average molecular weight is 312 g/mol. The van der Waals surface area contributed by atoms with Gasteiger partial charge < -0.3 is 15.4 Å². The van der Waals surface area contributed by atoms with Crippen molar-refractivity contribution in [1.29, 1.82) is 0 Å². The molecule has 0 heterocycles. The number of ether oxygens (including phenoxy) is 1. The lowest BCUT2D eigenvalue weighted by molar-refractivity contribution is 0.0526. The van der Waals surface area contributed by atoms with E-state index in [9.17, 15) is 9.59 Å². The largest absolute Gasteiger partial charge is 0.462 e. The van der Waals surface area contributed by atoms with Crippen LogP contribution in [0.15, 0.2) is 54.6 Å². The van der Waals surface area contributed by atoms with Crippen LogP contribution in [0.1, 0.15) is 35.8 Å². The van der Waals surface area contributed by atoms with Crippen LogP contribution in [0.2, 0.25) is 0 Å². The van der Waals surface area contributed by atoms with Crippen LogP contribution in [-0.4, -0.2) is 18.6 Å². The van der Waals surface area contributed by atoms with Crippen molar-refractivity contribution in [2.45, 2.75) is 19.9 Å². The van der Waals surface area contributed by atoms with Crippen molar-refractivity contribution in [3.05, 3.63) is 65.7 Å². The van der Waals surface area contributed by atoms with Crippen molar-refractivity contribution in [1.82, 2.24) is 5.32 Å². The molecule has 0 fully saturated rings. The molecule has 23 heavy (non-hydrogen) atoms. The molecule has 2 rings (SSSR count). The summed E-state index contributed by atoms with van der Waals surface area (Å²) in [5, 5.41) is 5.57. The number of urea groups is 1. The molecule has 0 unspecified atom stereocenters. The van der Waals surface area contributed by atoms with E-state index in [0.717, 1.165) is 5.56 Å². The number of esters is 1. The molecule has 1 atom stereocenters. The summed E-state index contributed by atoms with van der Waals surface area (Å²) in [5.74, 6) is -0.408. The minimum atomic E-state index is -0.408. The summed E-state index contributed by atoms with van der Waals surface area (Å²) in [6, 6.07) is 15.9. The van der Waals surface area contributed by atoms with E-state index in [2.05, 4.69) is 10.6 Å². The predicted molar refractivity (Wildman–Crippen MR) is 89.4 cm³/mol. The zero-order chi connectivity index (χ0) is 16.7. The molecule has 0 spiro atoms. The van der Waals surface area contributed by atoms with Crippen LogP contribution in [0.5, 0.6) is 0 Å². The van der Waals surface area contributed by atoms with Gasteiger partial charge in [-0.05, 0) is 37.6 Å². The van der Waals surface area contributed by atoms with Crippen LogP contribution in [0.25, 0.3) is 0 Å². The van der Waals surface area contributed by atoms with Crippen LogP contribution in [0.3, 0.4) is 0 Å². The predicted octanol–water partition coefficient (Wildman–Crippen LogP) is 3.75. The molecule has 2 N–H and O–H groups in total. The normalized spacial score (nSPS) is 11.4. The Morgan fingerprint density at radius 1 is 1.09 bits per heavy atom. The van der Waals surface area contributed by atoms with Gasteiger partial charge in [0.1, 0.15) is 0 Å². The third-order valence-corrected chi connectivity index (χ3v) is 3.28. The van der Waals surface area contributed by atoms with E-state index in [4.69, 9.17) is 4.74 Å². The molecule has 5 nitrogen and oxygen atoms in total. The lowest BCUT2D eigenvalue weighted by atomic mass is 10.1. The molecular formula is C18H20N2O3. The smallest absolute Gasteiger partial charge is 0.338 e. The van der Waals surface area contributed by atoms with Gasteiger partial charge in [0.25, 0.3) is 0 Å². The van der Waals surface area contributed by atoms with Gasteiger partial charge in [-0.2, -0.15) is 0 Å². The van der Waals surface area contributed by atoms with Crippen LogP contribution in [0, 0.1) is 0 Å². The SMILES string of the molecule is CCOC(=O)c1cccc(NC(=O)N[C@@H](C)c2ccccc2)c1. The fourth-order valence-electron chi connectivity index (χ4n) is 2.13. The number of carbonyl (C=O) groups is 2. The summed E-state index contributed by atoms with van der Waals surface area (Å²) < 4.78 is 4.94. The van der Waals surface area contributed by atoms with Crippen molar-refractivity contribution < 1.29 is 14.3 Å². The van der Waals surface area contributed by atoms with Gasteiger partial charge in [-0.3, -0.25) is 0 Å². The van der Waals surface area contributed by atoms with Crippen LogP contribution in [-0.2, 0) is 4.74 Å². The Kier molecular flexibility index (Phi) is 5.74. The van der Waals surface area contributed by atoms with Crippen molar-refractivity contribution in [2.24, 2.45) is 0 Å². The molecule has 0 saturated carbocycles. The second-order valence-electron chi connectivity index (χ2n) is 5.03. The minimum absolute atomic E-state index is 0.121. The lowest BCUT2D eigenvalue weighted by Crippen LogP contribution is -2.31. The van der Waals surface area contributed by atoms with E-state index in [1.165, 1.54) is 0 Å². The van der Waals surface area contributed by atoms with Gasteiger partial charge in [0.05, 0.1) is 18.2 Å². The second kappa shape index (κ2) is 7.98. The highest BCUT2D eigenvalue weighted by molar-refractivity contribution is 5.94. The number of benzene rings is 2. The molecule has 0 aliphatic rings. The molecular weight excluding hydrogens is 292 g/mol. The maximum absolute atomic E-state index is 12.1. The topological polar surface area (TPSA) is 67.4 Å². The highest BCUT2D eigenvalue weighted by Gasteiger charge is 2.11. The van der Waals surface area contributed by atoms with Gasteiger partial charge in [-0.25, -0.2) is 9.59 Å². The monoisotopic (exact) mass is 312 g/mol. The fourth-order valence-corrected chi connectivity index (χ4v) is 2.13. The zero-order valence-electron chi connectivity index (χ0n) is 13.2. The standard InChI is InChI=1S/C18H20N2O3/c1-3-23-17(21)15-10-7-11-16(12-15)20-18(22)19-13(2)14-8-5-4-6-9-14/h4-13H,3H2,1-2H3,(H2,19,20,22)/t13-/m0/s1. The third kappa shape index (κ3) is 4.85. The molecule has 0 aliphatic carbocycles. The number of rotatable bonds is 5. The Hall–Kier alpha value is -2.82. The first-order valence-electron chi connectivity index (χ1n) is 7.49. The van der Waals surface area contributed by atoms with Crippen molar-refractivity contribution in [2.75, 3.05) is 11.9 Å². The van der Waals surface area contributed by atoms with E-state index in [-0.39, 0.29) is 12.1 Å². The number of carbonyl (C=O) groups excluding carboxylic acids is 2. The molecule has 0 bridgehead atoms. The van der Waals surface area contributed by atoms with Gasteiger partial charge in [-0.15, -0.1) is 0 Å². The fraction of sp³-hybridized carbons (Fsp3) is 0.222. The lowest BCUT2D eigenvalue weighted by Gasteiger charge is -2.15. The van der Waals surface area contributed by atoms with Gasteiger partial charge in [0, 0.05) is 5.69 Å². The van der Waals surface area contributed by atoms with Crippen molar-refractivity contribution >= 4 is 17.7 Å². The molecule has 120 valence electrons. The summed E-state index contributed by atoms with van der Waals surface area (Å²) in [6.45, 7) is 3.97. The van der Waals surface area contributed by atoms with Gasteiger partial charge >= 0.3 is 12.0 Å². The number of nitrogens with one attached hydrogen (secondary N) is 2. The van der Waals surface area contributed by atoms with E-state index < -0.39 is 5.97 Å². The molecule has 5 heteroatoms. The number of hydrogen-bond acceptors (Lipinski definition) is 3. The average Bonchev–Trinajstić information content (AvgIpc) is 2.56. The Bertz CT molecular complexity index is 671. The molecule has 0 aliphatic heterocycles. The highest BCUT2D eigenvalue weighted by Crippen LogP contribution is 2.14. The maximum atomic E-state index is 12.1. The Balaban J connectivity index is 1.97. The van der Waals surface area contributed by atoms with E-state index in [1.807, 2.05) is 37.3 Å².